The molecule has 0 aliphatic carbocycles. The number of hydrogen-bond acceptors (Lipinski definition) is 5. The Hall–Kier alpha value is -2.17. The average Bonchev–Trinajstić information content (AvgIpc) is 2.85. The van der Waals surface area contributed by atoms with Crippen molar-refractivity contribution in [3.05, 3.63) is 29.5 Å². The molecular formula is C14H17NO4. The molecule has 1 aliphatic heterocycles. The van der Waals surface area contributed by atoms with Crippen LogP contribution in [0.2, 0.25) is 0 Å². The number of esters is 1. The van der Waals surface area contributed by atoms with E-state index in [9.17, 15) is 4.79 Å². The highest BCUT2D eigenvalue weighted by atomic mass is 16.5. The summed E-state index contributed by atoms with van der Waals surface area (Å²) in [6, 6.07) is 5.46. The minimum Gasteiger partial charge on any atom is -0.497 e. The molecule has 0 spiro atoms. The van der Waals surface area contributed by atoms with Crippen LogP contribution in [-0.2, 0) is 9.53 Å². The second-order valence-electron chi connectivity index (χ2n) is 4.18. The maximum absolute atomic E-state index is 11.5. The fourth-order valence-corrected chi connectivity index (χ4v) is 1.95. The Morgan fingerprint density at radius 3 is 2.68 bits per heavy atom. The van der Waals surface area contributed by atoms with Crippen LogP contribution < -0.4 is 14.8 Å². The molecule has 19 heavy (non-hydrogen) atoms. The van der Waals surface area contributed by atoms with Crippen molar-refractivity contribution >= 4 is 11.7 Å². The largest absolute Gasteiger partial charge is 0.497 e. The summed E-state index contributed by atoms with van der Waals surface area (Å²) >= 11 is 0. The molecule has 0 bridgehead atoms. The molecule has 1 aromatic carbocycles. The topological polar surface area (TPSA) is 56.8 Å². The quantitative estimate of drug-likeness (QED) is 0.667. The van der Waals surface area contributed by atoms with E-state index in [4.69, 9.17) is 14.2 Å². The summed E-state index contributed by atoms with van der Waals surface area (Å²) in [6.07, 6.45) is 0.635. The molecule has 2 rings (SSSR count). The first-order valence-corrected chi connectivity index (χ1v) is 6.01. The van der Waals surface area contributed by atoms with E-state index in [1.165, 1.54) is 0 Å². The van der Waals surface area contributed by atoms with Gasteiger partial charge in [-0.1, -0.05) is 0 Å². The molecule has 1 aromatic rings. The summed E-state index contributed by atoms with van der Waals surface area (Å²) < 4.78 is 15.4. The number of ether oxygens (including phenoxy) is 3. The first-order valence-electron chi connectivity index (χ1n) is 6.01. The summed E-state index contributed by atoms with van der Waals surface area (Å²) in [4.78, 5) is 11.5. The summed E-state index contributed by atoms with van der Waals surface area (Å²) in [5.41, 5.74) is 2.25. The second-order valence-corrected chi connectivity index (χ2v) is 4.18. The van der Waals surface area contributed by atoms with Gasteiger partial charge < -0.3 is 19.5 Å². The number of anilines is 1. The predicted molar refractivity (Wildman–Crippen MR) is 71.4 cm³/mol. The van der Waals surface area contributed by atoms with Crippen LogP contribution in [0.3, 0.4) is 0 Å². The van der Waals surface area contributed by atoms with Gasteiger partial charge in [-0.25, -0.2) is 4.79 Å². The van der Waals surface area contributed by atoms with Crippen LogP contribution in [0.25, 0.3) is 0 Å². The lowest BCUT2D eigenvalue weighted by atomic mass is 10.1. The zero-order valence-electron chi connectivity index (χ0n) is 11.3. The van der Waals surface area contributed by atoms with Crippen molar-refractivity contribution in [3.8, 4) is 11.5 Å². The van der Waals surface area contributed by atoms with E-state index >= 15 is 0 Å². The third-order valence-electron chi connectivity index (χ3n) is 3.02. The van der Waals surface area contributed by atoms with Crippen molar-refractivity contribution in [1.29, 1.82) is 0 Å². The Kier molecular flexibility index (Phi) is 3.94. The minimum absolute atomic E-state index is 0.252. The second kappa shape index (κ2) is 5.65. The number of rotatable bonds is 4. The third-order valence-corrected chi connectivity index (χ3v) is 3.02. The van der Waals surface area contributed by atoms with E-state index in [0.29, 0.717) is 30.1 Å². The molecule has 5 nitrogen and oxygen atoms in total. The number of methoxy groups -OCH3 is 2. The Morgan fingerprint density at radius 2 is 2.11 bits per heavy atom. The van der Waals surface area contributed by atoms with E-state index in [1.807, 2.05) is 19.1 Å². The van der Waals surface area contributed by atoms with Gasteiger partial charge in [0.15, 0.2) is 0 Å². The fourth-order valence-electron chi connectivity index (χ4n) is 1.95. The first kappa shape index (κ1) is 13.3. The van der Waals surface area contributed by atoms with Crippen molar-refractivity contribution in [3.63, 3.8) is 0 Å². The maximum Gasteiger partial charge on any atom is 0.335 e. The number of allylic oxidation sites excluding steroid dienone is 1. The smallest absolute Gasteiger partial charge is 0.335 e. The zero-order chi connectivity index (χ0) is 13.8. The highest BCUT2D eigenvalue weighted by Crippen LogP contribution is 2.31. The van der Waals surface area contributed by atoms with Crippen molar-refractivity contribution in [2.45, 2.75) is 13.3 Å². The summed E-state index contributed by atoms with van der Waals surface area (Å²) in [5.74, 6) is 1.12. The Morgan fingerprint density at radius 1 is 1.32 bits per heavy atom. The molecule has 5 heteroatoms. The average molecular weight is 263 g/mol. The van der Waals surface area contributed by atoms with E-state index in [0.717, 1.165) is 11.4 Å². The number of benzene rings is 1. The lowest BCUT2D eigenvalue weighted by Gasteiger charge is -2.13. The molecule has 102 valence electrons. The number of carbonyl (C=O) groups excluding carboxylic acids is 1. The van der Waals surface area contributed by atoms with Crippen LogP contribution >= 0.6 is 0 Å². The van der Waals surface area contributed by atoms with E-state index in [-0.39, 0.29) is 5.97 Å². The minimum atomic E-state index is -0.252. The van der Waals surface area contributed by atoms with E-state index in [2.05, 4.69) is 5.32 Å². The van der Waals surface area contributed by atoms with Gasteiger partial charge in [0.25, 0.3) is 0 Å². The van der Waals surface area contributed by atoms with Crippen molar-refractivity contribution in [2.75, 3.05) is 26.1 Å². The number of carbonyl (C=O) groups is 1. The monoisotopic (exact) mass is 263 g/mol. The molecule has 0 amide bonds. The highest BCUT2D eigenvalue weighted by Gasteiger charge is 2.21. The van der Waals surface area contributed by atoms with Crippen LogP contribution in [0.5, 0.6) is 11.5 Å². The zero-order valence-corrected chi connectivity index (χ0v) is 11.3. The Bertz CT molecular complexity index is 522. The van der Waals surface area contributed by atoms with Gasteiger partial charge in [-0.2, -0.15) is 0 Å². The van der Waals surface area contributed by atoms with Gasteiger partial charge in [0, 0.05) is 18.2 Å². The lowest BCUT2D eigenvalue weighted by Crippen LogP contribution is -2.05. The molecule has 1 heterocycles. The van der Waals surface area contributed by atoms with Crippen molar-refractivity contribution in [1.82, 2.24) is 0 Å². The standard InChI is InChI=1S/C14H17NO4/c1-9(11-6-7-19-14(11)16)15-12-5-4-10(17-2)8-13(12)18-3/h4-5,8,15H,6-7H2,1-3H3/b11-9-. The molecular weight excluding hydrogens is 246 g/mol. The van der Waals surface area contributed by atoms with Gasteiger partial charge >= 0.3 is 5.97 Å². The maximum atomic E-state index is 11.5. The highest BCUT2D eigenvalue weighted by molar-refractivity contribution is 5.91. The summed E-state index contributed by atoms with van der Waals surface area (Å²) in [5, 5.41) is 3.18. The number of hydrogen-bond donors (Lipinski definition) is 1. The van der Waals surface area contributed by atoms with Gasteiger partial charge in [0.2, 0.25) is 0 Å². The molecule has 1 fully saturated rings. The molecule has 0 unspecified atom stereocenters. The summed E-state index contributed by atoms with van der Waals surface area (Å²) in [7, 11) is 3.19. The van der Waals surface area contributed by atoms with Gasteiger partial charge in [-0.15, -0.1) is 0 Å². The van der Waals surface area contributed by atoms with Gasteiger partial charge in [-0.3, -0.25) is 0 Å². The normalized spacial score (nSPS) is 16.9. The third kappa shape index (κ3) is 2.81. The predicted octanol–water partition coefficient (Wildman–Crippen LogP) is 2.34. The Labute approximate surface area is 112 Å². The summed E-state index contributed by atoms with van der Waals surface area (Å²) in [6.45, 7) is 2.30. The van der Waals surface area contributed by atoms with E-state index < -0.39 is 0 Å². The Balaban J connectivity index is 2.26. The van der Waals surface area contributed by atoms with Crippen LogP contribution in [0.4, 0.5) is 5.69 Å². The van der Waals surface area contributed by atoms with E-state index in [1.54, 1.807) is 20.3 Å². The molecule has 1 N–H and O–H groups in total. The van der Waals surface area contributed by atoms with Crippen molar-refractivity contribution < 1.29 is 19.0 Å². The number of cyclic esters (lactones) is 1. The molecule has 0 saturated carbocycles. The van der Waals surface area contributed by atoms with Crippen LogP contribution in [0, 0.1) is 0 Å². The van der Waals surface area contributed by atoms with Gasteiger partial charge in [-0.05, 0) is 19.1 Å². The van der Waals surface area contributed by atoms with Crippen LogP contribution in [0.15, 0.2) is 29.5 Å². The van der Waals surface area contributed by atoms with Crippen LogP contribution in [-0.4, -0.2) is 26.8 Å². The molecule has 1 aliphatic rings. The van der Waals surface area contributed by atoms with Gasteiger partial charge in [0.05, 0.1) is 32.1 Å². The first-order chi connectivity index (χ1) is 9.15. The molecule has 0 atom stereocenters. The van der Waals surface area contributed by atoms with Gasteiger partial charge in [0.1, 0.15) is 11.5 Å². The molecule has 0 aromatic heterocycles. The lowest BCUT2D eigenvalue weighted by molar-refractivity contribution is -0.135. The molecule has 0 radical (unpaired) electrons. The fraction of sp³-hybridized carbons (Fsp3) is 0.357. The molecule has 1 saturated heterocycles. The van der Waals surface area contributed by atoms with Crippen molar-refractivity contribution in [2.24, 2.45) is 0 Å². The van der Waals surface area contributed by atoms with Crippen LogP contribution in [0.1, 0.15) is 13.3 Å². The number of nitrogens with one attached hydrogen (secondary N) is 1. The SMILES string of the molecule is COc1ccc(N/C(C)=C2/CCOC2=O)c(OC)c1.